The van der Waals surface area contributed by atoms with Gasteiger partial charge in [-0.05, 0) is 42.5 Å². The largest absolute Gasteiger partial charge is 0.457 e. The fraction of sp³-hybridized carbons (Fsp3) is 0. The van der Waals surface area contributed by atoms with Crippen LogP contribution in [0.3, 0.4) is 0 Å². The molecule has 0 unspecified atom stereocenters. The summed E-state index contributed by atoms with van der Waals surface area (Å²) in [6.07, 6.45) is 3.21. The predicted octanol–water partition coefficient (Wildman–Crippen LogP) is 4.76. The van der Waals surface area contributed by atoms with Gasteiger partial charge in [0, 0.05) is 29.2 Å². The standard InChI is InChI=1S/C19H13Cl2N3O3/c20-12-4-5-17(16(21)10-12)24-19(26)18(25)23-13-2-1-3-15(11-13)27-14-6-8-22-9-7-14/h1-11H,(H,23,25)(H,24,26). The third kappa shape index (κ3) is 5.20. The second kappa shape index (κ2) is 8.53. The molecular weight excluding hydrogens is 389 g/mol. The molecule has 27 heavy (non-hydrogen) atoms. The van der Waals surface area contributed by atoms with Crippen LogP contribution in [0.15, 0.2) is 67.0 Å². The summed E-state index contributed by atoms with van der Waals surface area (Å²) in [5, 5.41) is 5.60. The van der Waals surface area contributed by atoms with Crippen molar-refractivity contribution in [1.82, 2.24) is 4.98 Å². The molecule has 0 aliphatic heterocycles. The van der Waals surface area contributed by atoms with Crippen molar-refractivity contribution in [1.29, 1.82) is 0 Å². The number of pyridine rings is 1. The van der Waals surface area contributed by atoms with E-state index in [0.29, 0.717) is 22.2 Å². The maximum Gasteiger partial charge on any atom is 0.314 e. The predicted molar refractivity (Wildman–Crippen MR) is 104 cm³/mol. The average Bonchev–Trinajstić information content (AvgIpc) is 2.65. The third-order valence-electron chi connectivity index (χ3n) is 3.36. The number of ether oxygens (including phenoxy) is 1. The van der Waals surface area contributed by atoms with Gasteiger partial charge < -0.3 is 15.4 Å². The molecule has 1 heterocycles. The summed E-state index contributed by atoms with van der Waals surface area (Å²) in [6, 6.07) is 14.6. The van der Waals surface area contributed by atoms with E-state index in [1.807, 2.05) is 0 Å². The zero-order valence-electron chi connectivity index (χ0n) is 13.8. The molecule has 3 rings (SSSR count). The number of carbonyl (C=O) groups is 2. The van der Waals surface area contributed by atoms with Crippen molar-refractivity contribution in [3.63, 3.8) is 0 Å². The first-order chi connectivity index (χ1) is 13.0. The van der Waals surface area contributed by atoms with Crippen molar-refractivity contribution in [3.05, 3.63) is 77.0 Å². The molecule has 0 bridgehead atoms. The lowest BCUT2D eigenvalue weighted by Gasteiger charge is -2.10. The van der Waals surface area contributed by atoms with Gasteiger partial charge in [-0.15, -0.1) is 0 Å². The minimum Gasteiger partial charge on any atom is -0.457 e. The van der Waals surface area contributed by atoms with Crippen LogP contribution >= 0.6 is 23.2 Å². The second-order valence-electron chi connectivity index (χ2n) is 5.35. The van der Waals surface area contributed by atoms with Crippen LogP contribution in [0.2, 0.25) is 10.0 Å². The van der Waals surface area contributed by atoms with Crippen LogP contribution in [-0.4, -0.2) is 16.8 Å². The van der Waals surface area contributed by atoms with E-state index >= 15 is 0 Å². The normalized spacial score (nSPS) is 10.1. The second-order valence-corrected chi connectivity index (χ2v) is 6.19. The molecule has 0 atom stereocenters. The zero-order valence-corrected chi connectivity index (χ0v) is 15.3. The van der Waals surface area contributed by atoms with Crippen molar-refractivity contribution in [2.45, 2.75) is 0 Å². The molecule has 0 fully saturated rings. The Kier molecular flexibility index (Phi) is 5.90. The summed E-state index contributed by atoms with van der Waals surface area (Å²) in [4.78, 5) is 28.1. The lowest BCUT2D eigenvalue weighted by molar-refractivity contribution is -0.132. The lowest BCUT2D eigenvalue weighted by atomic mass is 10.3. The number of halogens is 2. The number of carbonyl (C=O) groups excluding carboxylic acids is 2. The minimum absolute atomic E-state index is 0.233. The smallest absolute Gasteiger partial charge is 0.314 e. The van der Waals surface area contributed by atoms with E-state index in [4.69, 9.17) is 27.9 Å². The third-order valence-corrected chi connectivity index (χ3v) is 3.91. The number of nitrogens with zero attached hydrogens (tertiary/aromatic N) is 1. The number of amides is 2. The highest BCUT2D eigenvalue weighted by atomic mass is 35.5. The number of aromatic nitrogens is 1. The Balaban J connectivity index is 1.65. The number of nitrogens with one attached hydrogen (secondary N) is 2. The van der Waals surface area contributed by atoms with E-state index < -0.39 is 11.8 Å². The van der Waals surface area contributed by atoms with Gasteiger partial charge in [0.15, 0.2) is 0 Å². The quantitative estimate of drug-likeness (QED) is 0.617. The van der Waals surface area contributed by atoms with E-state index in [2.05, 4.69) is 15.6 Å². The van der Waals surface area contributed by atoms with Gasteiger partial charge >= 0.3 is 11.8 Å². The Labute approximate surface area is 165 Å². The van der Waals surface area contributed by atoms with Crippen molar-refractivity contribution < 1.29 is 14.3 Å². The van der Waals surface area contributed by atoms with E-state index in [1.54, 1.807) is 54.9 Å². The Bertz CT molecular complexity index is 981. The minimum atomic E-state index is -0.861. The Morgan fingerprint density at radius 1 is 0.852 bits per heavy atom. The summed E-state index contributed by atoms with van der Waals surface area (Å²) in [5.74, 6) is -0.606. The van der Waals surface area contributed by atoms with Crippen LogP contribution in [0.4, 0.5) is 11.4 Å². The van der Waals surface area contributed by atoms with Crippen LogP contribution in [0.5, 0.6) is 11.5 Å². The van der Waals surface area contributed by atoms with Crippen molar-refractivity contribution in [3.8, 4) is 11.5 Å². The number of hydrogen-bond donors (Lipinski definition) is 2. The van der Waals surface area contributed by atoms with Crippen LogP contribution in [-0.2, 0) is 9.59 Å². The molecule has 1 aromatic heterocycles. The molecule has 136 valence electrons. The summed E-state index contributed by atoms with van der Waals surface area (Å²) in [5.41, 5.74) is 0.694. The summed E-state index contributed by atoms with van der Waals surface area (Å²) >= 11 is 11.8. The maximum atomic E-state index is 12.1. The average molecular weight is 402 g/mol. The van der Waals surface area contributed by atoms with Gasteiger partial charge in [0.2, 0.25) is 0 Å². The Morgan fingerprint density at radius 3 is 2.33 bits per heavy atom. The van der Waals surface area contributed by atoms with Crippen molar-refractivity contribution in [2.75, 3.05) is 10.6 Å². The van der Waals surface area contributed by atoms with Crippen molar-refractivity contribution in [2.24, 2.45) is 0 Å². The van der Waals surface area contributed by atoms with Gasteiger partial charge in [-0.3, -0.25) is 14.6 Å². The van der Waals surface area contributed by atoms with Gasteiger partial charge in [0.1, 0.15) is 11.5 Å². The van der Waals surface area contributed by atoms with Gasteiger partial charge in [-0.1, -0.05) is 29.3 Å². The Hall–Kier alpha value is -3.09. The topological polar surface area (TPSA) is 80.3 Å². The van der Waals surface area contributed by atoms with E-state index in [9.17, 15) is 9.59 Å². The molecule has 0 aliphatic carbocycles. The highest BCUT2D eigenvalue weighted by Crippen LogP contribution is 2.26. The van der Waals surface area contributed by atoms with Crippen molar-refractivity contribution >= 4 is 46.4 Å². The molecule has 0 saturated heterocycles. The number of benzene rings is 2. The molecule has 3 aromatic rings. The summed E-state index contributed by atoms with van der Waals surface area (Å²) in [6.45, 7) is 0. The molecule has 2 amide bonds. The first-order valence-corrected chi connectivity index (χ1v) is 8.52. The first-order valence-electron chi connectivity index (χ1n) is 7.76. The molecule has 0 aliphatic rings. The zero-order chi connectivity index (χ0) is 19.2. The molecular formula is C19H13Cl2N3O3. The number of anilines is 2. The summed E-state index contributed by atoms with van der Waals surface area (Å²) < 4.78 is 5.66. The first kappa shape index (κ1) is 18.7. The highest BCUT2D eigenvalue weighted by molar-refractivity contribution is 6.45. The number of hydrogen-bond acceptors (Lipinski definition) is 4. The number of rotatable bonds is 4. The highest BCUT2D eigenvalue weighted by Gasteiger charge is 2.16. The van der Waals surface area contributed by atoms with E-state index in [-0.39, 0.29) is 10.7 Å². The molecule has 2 N–H and O–H groups in total. The molecule has 2 aromatic carbocycles. The molecule has 8 heteroatoms. The van der Waals surface area contributed by atoms with E-state index in [0.717, 1.165) is 0 Å². The van der Waals surface area contributed by atoms with Gasteiger partial charge in [-0.2, -0.15) is 0 Å². The van der Waals surface area contributed by atoms with Crippen LogP contribution < -0.4 is 15.4 Å². The fourth-order valence-corrected chi connectivity index (χ4v) is 2.59. The lowest BCUT2D eigenvalue weighted by Crippen LogP contribution is -2.29. The summed E-state index contributed by atoms with van der Waals surface area (Å²) in [7, 11) is 0. The van der Waals surface area contributed by atoms with Gasteiger partial charge in [0.25, 0.3) is 0 Å². The molecule has 0 saturated carbocycles. The molecule has 6 nitrogen and oxygen atoms in total. The Morgan fingerprint density at radius 2 is 1.59 bits per heavy atom. The monoisotopic (exact) mass is 401 g/mol. The molecule has 0 radical (unpaired) electrons. The van der Waals surface area contributed by atoms with Gasteiger partial charge in [0.05, 0.1) is 10.7 Å². The SMILES string of the molecule is O=C(Nc1cccc(Oc2ccncc2)c1)C(=O)Nc1ccc(Cl)cc1Cl. The van der Waals surface area contributed by atoms with Gasteiger partial charge in [-0.25, -0.2) is 0 Å². The van der Waals surface area contributed by atoms with Crippen LogP contribution in [0, 0.1) is 0 Å². The van der Waals surface area contributed by atoms with Crippen LogP contribution in [0.1, 0.15) is 0 Å². The molecule has 0 spiro atoms. The fourth-order valence-electron chi connectivity index (χ4n) is 2.14. The van der Waals surface area contributed by atoms with Crippen LogP contribution in [0.25, 0.3) is 0 Å². The van der Waals surface area contributed by atoms with E-state index in [1.165, 1.54) is 12.1 Å². The maximum absolute atomic E-state index is 12.1.